The average Bonchev–Trinajstić information content (AvgIpc) is 3.48. The topological polar surface area (TPSA) is 91.0 Å². The molecule has 7 rings (SSSR count). The van der Waals surface area contributed by atoms with Crippen LogP contribution in [0.2, 0.25) is 0 Å². The summed E-state index contributed by atoms with van der Waals surface area (Å²) in [6, 6.07) is 25.6. The van der Waals surface area contributed by atoms with Crippen molar-refractivity contribution in [3.63, 3.8) is 0 Å². The fourth-order valence-electron chi connectivity index (χ4n) is 6.47. The number of amides is 3. The Hall–Kier alpha value is -4.29. The molecular formula is C39H38N4O4S3. The summed E-state index contributed by atoms with van der Waals surface area (Å²) in [5.74, 6) is -0.609. The molecule has 0 radical (unpaired) electrons. The van der Waals surface area contributed by atoms with Gasteiger partial charge in [0.05, 0.1) is 34.4 Å². The van der Waals surface area contributed by atoms with Crippen LogP contribution in [0.15, 0.2) is 113 Å². The molecule has 1 aliphatic carbocycles. The van der Waals surface area contributed by atoms with Gasteiger partial charge >= 0.3 is 12.0 Å². The van der Waals surface area contributed by atoms with E-state index in [0.717, 1.165) is 39.0 Å². The quantitative estimate of drug-likeness (QED) is 0.132. The number of nitrogens with zero attached hydrogens (tertiary/aromatic N) is 2. The lowest BCUT2D eigenvalue weighted by molar-refractivity contribution is -0.115. The summed E-state index contributed by atoms with van der Waals surface area (Å²) in [4.78, 5) is 47.7. The first-order valence-corrected chi connectivity index (χ1v) is 19.3. The van der Waals surface area contributed by atoms with Gasteiger partial charge in [0.1, 0.15) is 5.00 Å². The number of carbonyl (C=O) groups is 3. The van der Waals surface area contributed by atoms with E-state index in [1.807, 2.05) is 90.7 Å². The van der Waals surface area contributed by atoms with Gasteiger partial charge in [-0.1, -0.05) is 72.8 Å². The van der Waals surface area contributed by atoms with Crippen molar-refractivity contribution in [3.8, 4) is 0 Å². The van der Waals surface area contributed by atoms with E-state index in [-0.39, 0.29) is 29.8 Å². The fraction of sp³-hybridized carbons (Fsp3) is 0.256. The number of rotatable bonds is 9. The molecule has 256 valence electrons. The number of ether oxygens (including phenoxy) is 1. The Labute approximate surface area is 305 Å². The molecule has 2 aliphatic heterocycles. The smallest absolute Gasteiger partial charge is 0.341 e. The average molecular weight is 723 g/mol. The van der Waals surface area contributed by atoms with Gasteiger partial charge in [-0.3, -0.25) is 14.6 Å². The molecule has 0 saturated carbocycles. The Morgan fingerprint density at radius 1 is 0.980 bits per heavy atom. The number of anilines is 3. The summed E-state index contributed by atoms with van der Waals surface area (Å²) in [6.07, 6.45) is 8.93. The van der Waals surface area contributed by atoms with Crippen molar-refractivity contribution in [2.75, 3.05) is 28.7 Å². The molecule has 0 bridgehead atoms. The standard InChI is InChI=1S/C39H38N4O4S3/c1-3-47-38(45)35-29-20-21-42(23-26-12-5-4-6-13-26)24-34(29)50-37(35)41-36(44)25(2)48-28-15-11-14-27(22-28)40-39(46)43-30-16-7-9-18-32(30)49-33-19-10-8-17-31(33)43/h4-19,22,25,30,32H,3,20-21,23-24H2,1-2H3,(H,40,46)(H,41,44). The van der Waals surface area contributed by atoms with Gasteiger partial charge in [-0.15, -0.1) is 34.9 Å². The maximum Gasteiger partial charge on any atom is 0.341 e. The number of thiophene rings is 1. The maximum atomic E-state index is 13.8. The third kappa shape index (κ3) is 7.41. The van der Waals surface area contributed by atoms with Crippen molar-refractivity contribution < 1.29 is 19.1 Å². The summed E-state index contributed by atoms with van der Waals surface area (Å²) in [6.45, 7) is 6.23. The molecule has 3 atom stereocenters. The second-order valence-electron chi connectivity index (χ2n) is 12.3. The van der Waals surface area contributed by atoms with E-state index in [0.29, 0.717) is 29.2 Å². The second kappa shape index (κ2) is 15.3. The van der Waals surface area contributed by atoms with Gasteiger partial charge in [0.15, 0.2) is 0 Å². The van der Waals surface area contributed by atoms with Gasteiger partial charge in [0.25, 0.3) is 0 Å². The minimum absolute atomic E-state index is 0.101. The molecule has 4 aromatic rings. The number of para-hydroxylation sites is 1. The molecular weight excluding hydrogens is 685 g/mol. The van der Waals surface area contributed by atoms with Crippen LogP contribution in [-0.4, -0.2) is 52.5 Å². The first-order chi connectivity index (χ1) is 24.4. The largest absolute Gasteiger partial charge is 0.462 e. The Morgan fingerprint density at radius 3 is 2.62 bits per heavy atom. The zero-order valence-corrected chi connectivity index (χ0v) is 30.3. The molecule has 1 aromatic heterocycles. The van der Waals surface area contributed by atoms with E-state index >= 15 is 0 Å². The number of fused-ring (bicyclic) bond motifs is 3. The molecule has 3 aromatic carbocycles. The third-order valence-corrected chi connectivity index (χ3v) is 12.4. The summed E-state index contributed by atoms with van der Waals surface area (Å²) in [5.41, 5.74) is 4.21. The predicted octanol–water partition coefficient (Wildman–Crippen LogP) is 8.61. The zero-order valence-electron chi connectivity index (χ0n) is 27.8. The number of nitrogens with one attached hydrogen (secondary N) is 2. The van der Waals surface area contributed by atoms with Crippen LogP contribution in [0.5, 0.6) is 0 Å². The van der Waals surface area contributed by atoms with Crippen LogP contribution in [0.1, 0.15) is 40.2 Å². The van der Waals surface area contributed by atoms with E-state index in [2.05, 4.69) is 39.8 Å². The van der Waals surface area contributed by atoms with Gasteiger partial charge < -0.3 is 15.4 Å². The molecule has 0 fully saturated rings. The van der Waals surface area contributed by atoms with Crippen molar-refractivity contribution in [3.05, 3.63) is 125 Å². The Kier molecular flexibility index (Phi) is 10.5. The number of thioether (sulfide) groups is 2. The number of hydrogen-bond donors (Lipinski definition) is 2. The molecule has 3 amide bonds. The first kappa shape index (κ1) is 34.2. The minimum Gasteiger partial charge on any atom is -0.462 e. The van der Waals surface area contributed by atoms with Crippen molar-refractivity contribution >= 4 is 69.1 Å². The number of allylic oxidation sites excluding steroid dienone is 2. The normalized spacial score (nSPS) is 18.4. The molecule has 8 nitrogen and oxygen atoms in total. The van der Waals surface area contributed by atoms with E-state index in [4.69, 9.17) is 4.74 Å². The monoisotopic (exact) mass is 722 g/mol. The highest BCUT2D eigenvalue weighted by Crippen LogP contribution is 2.44. The maximum absolute atomic E-state index is 13.8. The van der Waals surface area contributed by atoms with Crippen molar-refractivity contribution in [2.24, 2.45) is 0 Å². The van der Waals surface area contributed by atoms with Gasteiger partial charge in [0, 0.05) is 40.0 Å². The first-order valence-electron chi connectivity index (χ1n) is 16.7. The van der Waals surface area contributed by atoms with Gasteiger partial charge in [-0.2, -0.15) is 0 Å². The van der Waals surface area contributed by atoms with Crippen LogP contribution in [0.4, 0.5) is 21.2 Å². The van der Waals surface area contributed by atoms with Crippen LogP contribution in [0, 0.1) is 0 Å². The number of esters is 1. The van der Waals surface area contributed by atoms with Crippen LogP contribution >= 0.6 is 34.9 Å². The number of carbonyl (C=O) groups excluding carboxylic acids is 3. The minimum atomic E-state index is -0.476. The molecule has 0 saturated heterocycles. The zero-order chi connectivity index (χ0) is 34.6. The van der Waals surface area contributed by atoms with E-state index in [1.54, 1.807) is 18.7 Å². The van der Waals surface area contributed by atoms with E-state index < -0.39 is 11.2 Å². The van der Waals surface area contributed by atoms with E-state index in [9.17, 15) is 14.4 Å². The van der Waals surface area contributed by atoms with E-state index in [1.165, 1.54) is 28.7 Å². The van der Waals surface area contributed by atoms with Crippen molar-refractivity contribution in [1.29, 1.82) is 0 Å². The van der Waals surface area contributed by atoms with Crippen LogP contribution in [-0.2, 0) is 29.0 Å². The molecule has 50 heavy (non-hydrogen) atoms. The Morgan fingerprint density at radius 2 is 1.78 bits per heavy atom. The molecule has 2 N–H and O–H groups in total. The Balaban J connectivity index is 1.03. The van der Waals surface area contributed by atoms with Crippen LogP contribution in [0.3, 0.4) is 0 Å². The van der Waals surface area contributed by atoms with Crippen LogP contribution < -0.4 is 15.5 Å². The highest BCUT2D eigenvalue weighted by atomic mass is 32.2. The number of benzene rings is 3. The lowest BCUT2D eigenvalue weighted by atomic mass is 10.0. The Bertz CT molecular complexity index is 1960. The van der Waals surface area contributed by atoms with Gasteiger partial charge in [0.2, 0.25) is 5.91 Å². The molecule has 3 heterocycles. The molecule has 11 heteroatoms. The van der Waals surface area contributed by atoms with Crippen LogP contribution in [0.25, 0.3) is 0 Å². The summed E-state index contributed by atoms with van der Waals surface area (Å²) >= 11 is 4.62. The molecule has 3 aliphatic rings. The van der Waals surface area contributed by atoms with Crippen molar-refractivity contribution in [2.45, 2.75) is 59.7 Å². The van der Waals surface area contributed by atoms with Gasteiger partial charge in [-0.25, -0.2) is 9.59 Å². The molecule has 0 spiro atoms. The lowest BCUT2D eigenvalue weighted by Gasteiger charge is -2.40. The number of hydrogen-bond acceptors (Lipinski definition) is 8. The fourth-order valence-corrected chi connectivity index (χ4v) is 9.93. The summed E-state index contributed by atoms with van der Waals surface area (Å²) in [7, 11) is 0. The summed E-state index contributed by atoms with van der Waals surface area (Å²) in [5, 5.41) is 6.36. The summed E-state index contributed by atoms with van der Waals surface area (Å²) < 4.78 is 5.44. The SMILES string of the molecule is CCOC(=O)c1c(NC(=O)C(C)Sc2cccc(NC(=O)N3c4ccccc4SC4C=CC=CC43)c2)sc2c1CCN(Cc1ccccc1)C2. The second-order valence-corrected chi connectivity index (χ2v) is 16.0. The third-order valence-electron chi connectivity index (χ3n) is 8.83. The number of urea groups is 1. The van der Waals surface area contributed by atoms with Crippen molar-refractivity contribution in [1.82, 2.24) is 4.90 Å². The molecule has 3 unspecified atom stereocenters. The highest BCUT2D eigenvalue weighted by molar-refractivity contribution is 8.00. The predicted molar refractivity (Wildman–Crippen MR) is 205 cm³/mol. The lowest BCUT2D eigenvalue weighted by Crippen LogP contribution is -2.49. The highest BCUT2D eigenvalue weighted by Gasteiger charge is 2.37. The van der Waals surface area contributed by atoms with Gasteiger partial charge in [-0.05, 0) is 61.7 Å².